The minimum Gasteiger partial charge on any atom is -0.216 e. The molecule has 0 aliphatic carbocycles. The maximum absolute atomic E-state index is 10.8. The molecule has 0 radical (unpaired) electrons. The summed E-state index contributed by atoms with van der Waals surface area (Å²) in [4.78, 5) is 0. The Morgan fingerprint density at radius 1 is 1.21 bits per heavy atom. The van der Waals surface area contributed by atoms with E-state index in [1.165, 1.54) is 0 Å². The Kier molecular flexibility index (Phi) is 3.76. The smallest absolute Gasteiger partial charge is 0.214 e. The highest BCUT2D eigenvalue weighted by Gasteiger charge is 1.97. The van der Waals surface area contributed by atoms with Gasteiger partial charge in [0.25, 0.3) is 0 Å². The summed E-state index contributed by atoms with van der Waals surface area (Å²) in [5, 5.41) is 2.17. The zero-order valence-corrected chi connectivity index (χ0v) is 11.2. The third-order valence-electron chi connectivity index (χ3n) is 1.30. The molecule has 0 heterocycles. The number of sulfone groups is 1. The Balaban J connectivity index is 3.10. The molecule has 0 aromatic heterocycles. The van der Waals surface area contributed by atoms with Gasteiger partial charge in [0.1, 0.15) is 0 Å². The van der Waals surface area contributed by atoms with Crippen molar-refractivity contribution < 1.29 is 8.42 Å². The molecule has 0 bridgehead atoms. The van der Waals surface area contributed by atoms with Crippen LogP contribution in [0.25, 0.3) is 0 Å². The number of halogens is 2. The van der Waals surface area contributed by atoms with Crippen LogP contribution in [0.2, 0.25) is 0 Å². The van der Waals surface area contributed by atoms with Crippen molar-refractivity contribution in [3.63, 3.8) is 0 Å². The molecule has 5 heteroatoms. The standard InChI is InChI=1S/C9H6Br2O2S/c1-14(12,13)5-4-7-2-3-8(10)9(11)6-7/h2-3,6H,1H3. The van der Waals surface area contributed by atoms with Gasteiger partial charge >= 0.3 is 0 Å². The van der Waals surface area contributed by atoms with Gasteiger partial charge in [0, 0.05) is 19.8 Å². The summed E-state index contributed by atoms with van der Waals surface area (Å²) in [6.07, 6.45) is 1.08. The van der Waals surface area contributed by atoms with Crippen molar-refractivity contribution in [2.45, 2.75) is 0 Å². The van der Waals surface area contributed by atoms with Crippen molar-refractivity contribution in [2.24, 2.45) is 0 Å². The molecule has 1 aromatic rings. The van der Waals surface area contributed by atoms with E-state index >= 15 is 0 Å². The van der Waals surface area contributed by atoms with Crippen LogP contribution in [-0.2, 0) is 9.84 Å². The normalized spacial score (nSPS) is 10.5. The molecular formula is C9H6Br2O2S. The highest BCUT2D eigenvalue weighted by atomic mass is 79.9. The zero-order chi connectivity index (χ0) is 10.8. The van der Waals surface area contributed by atoms with Crippen LogP contribution in [0, 0.1) is 11.2 Å². The molecule has 0 N–H and O–H groups in total. The molecule has 0 saturated carbocycles. The Morgan fingerprint density at radius 2 is 1.86 bits per heavy atom. The largest absolute Gasteiger partial charge is 0.216 e. The maximum atomic E-state index is 10.8. The molecular weight excluding hydrogens is 332 g/mol. The van der Waals surface area contributed by atoms with E-state index in [9.17, 15) is 8.42 Å². The van der Waals surface area contributed by atoms with Crippen LogP contribution in [0.1, 0.15) is 5.56 Å². The van der Waals surface area contributed by atoms with Crippen LogP contribution in [0.3, 0.4) is 0 Å². The van der Waals surface area contributed by atoms with E-state index < -0.39 is 9.84 Å². The van der Waals surface area contributed by atoms with E-state index in [0.29, 0.717) is 5.56 Å². The molecule has 0 saturated heterocycles. The van der Waals surface area contributed by atoms with E-state index in [-0.39, 0.29) is 0 Å². The first-order chi connectivity index (χ1) is 6.38. The molecule has 0 unspecified atom stereocenters. The molecule has 0 spiro atoms. The highest BCUT2D eigenvalue weighted by Crippen LogP contribution is 2.23. The zero-order valence-electron chi connectivity index (χ0n) is 7.21. The quantitative estimate of drug-likeness (QED) is 0.682. The molecule has 1 rings (SSSR count). The van der Waals surface area contributed by atoms with Gasteiger partial charge in [0.2, 0.25) is 9.84 Å². The fourth-order valence-corrected chi connectivity index (χ4v) is 1.65. The van der Waals surface area contributed by atoms with Gasteiger partial charge in [-0.2, -0.15) is 0 Å². The van der Waals surface area contributed by atoms with Crippen molar-refractivity contribution in [1.29, 1.82) is 0 Å². The van der Waals surface area contributed by atoms with Crippen LogP contribution in [0.15, 0.2) is 27.1 Å². The first kappa shape index (κ1) is 11.8. The van der Waals surface area contributed by atoms with Crippen molar-refractivity contribution in [2.75, 3.05) is 6.26 Å². The van der Waals surface area contributed by atoms with Gasteiger partial charge in [-0.05, 0) is 56.0 Å². The van der Waals surface area contributed by atoms with Gasteiger partial charge in [-0.3, -0.25) is 0 Å². The molecule has 0 aliphatic rings. The van der Waals surface area contributed by atoms with Crippen molar-refractivity contribution in [3.8, 4) is 11.2 Å². The second kappa shape index (κ2) is 4.47. The van der Waals surface area contributed by atoms with Crippen LogP contribution in [0.5, 0.6) is 0 Å². The lowest BCUT2D eigenvalue weighted by Crippen LogP contribution is -1.89. The highest BCUT2D eigenvalue weighted by molar-refractivity contribution is 9.13. The fraction of sp³-hybridized carbons (Fsp3) is 0.111. The van der Waals surface area contributed by atoms with E-state index in [1.807, 2.05) is 0 Å². The van der Waals surface area contributed by atoms with Crippen LogP contribution in [0.4, 0.5) is 0 Å². The molecule has 14 heavy (non-hydrogen) atoms. The Bertz CT molecular complexity index is 509. The monoisotopic (exact) mass is 336 g/mol. The molecule has 1 aromatic carbocycles. The van der Waals surface area contributed by atoms with Crippen LogP contribution < -0.4 is 0 Å². The summed E-state index contributed by atoms with van der Waals surface area (Å²) in [6, 6.07) is 5.30. The van der Waals surface area contributed by atoms with Crippen molar-refractivity contribution in [3.05, 3.63) is 32.7 Å². The summed E-state index contributed by atoms with van der Waals surface area (Å²) in [6.45, 7) is 0. The number of rotatable bonds is 0. The second-order valence-electron chi connectivity index (χ2n) is 2.63. The maximum Gasteiger partial charge on any atom is 0.214 e. The molecule has 0 aliphatic heterocycles. The first-order valence-electron chi connectivity index (χ1n) is 3.56. The van der Waals surface area contributed by atoms with Gasteiger partial charge < -0.3 is 0 Å². The van der Waals surface area contributed by atoms with E-state index in [1.54, 1.807) is 18.2 Å². The number of benzene rings is 1. The SMILES string of the molecule is CS(=O)(=O)C#Cc1ccc(Br)c(Br)c1. The Morgan fingerprint density at radius 3 is 2.36 bits per heavy atom. The fourth-order valence-electron chi connectivity index (χ4n) is 0.726. The van der Waals surface area contributed by atoms with Gasteiger partial charge in [0.05, 0.1) is 6.26 Å². The lowest BCUT2D eigenvalue weighted by atomic mass is 10.2. The lowest BCUT2D eigenvalue weighted by Gasteiger charge is -1.95. The minimum absolute atomic E-state index is 0.658. The number of hydrogen-bond acceptors (Lipinski definition) is 2. The number of hydrogen-bond donors (Lipinski definition) is 0. The van der Waals surface area contributed by atoms with Crippen molar-refractivity contribution >= 4 is 41.7 Å². The topological polar surface area (TPSA) is 34.1 Å². The third kappa shape index (κ3) is 3.82. The molecule has 2 nitrogen and oxygen atoms in total. The lowest BCUT2D eigenvalue weighted by molar-refractivity contribution is 0.611. The van der Waals surface area contributed by atoms with E-state index in [0.717, 1.165) is 15.2 Å². The predicted octanol–water partition coefficient (Wildman–Crippen LogP) is 2.57. The Labute approximate surface area is 99.9 Å². The molecule has 0 fully saturated rings. The van der Waals surface area contributed by atoms with E-state index in [4.69, 9.17) is 0 Å². The third-order valence-corrected chi connectivity index (χ3v) is 3.65. The van der Waals surface area contributed by atoms with Crippen LogP contribution >= 0.6 is 31.9 Å². The summed E-state index contributed by atoms with van der Waals surface area (Å²) >= 11 is 6.61. The van der Waals surface area contributed by atoms with E-state index in [2.05, 4.69) is 43.0 Å². The average molecular weight is 338 g/mol. The van der Waals surface area contributed by atoms with Crippen LogP contribution in [-0.4, -0.2) is 14.7 Å². The van der Waals surface area contributed by atoms with Gasteiger partial charge in [-0.1, -0.05) is 0 Å². The van der Waals surface area contributed by atoms with Gasteiger partial charge in [-0.15, -0.1) is 0 Å². The molecule has 74 valence electrons. The molecule has 0 atom stereocenters. The summed E-state index contributed by atoms with van der Waals surface area (Å²) in [5.41, 5.74) is 0.658. The average Bonchev–Trinajstić information content (AvgIpc) is 2.06. The minimum atomic E-state index is -3.23. The summed E-state index contributed by atoms with van der Waals surface area (Å²) in [5.74, 6) is 2.56. The predicted molar refractivity (Wildman–Crippen MR) is 63.6 cm³/mol. The summed E-state index contributed by atoms with van der Waals surface area (Å²) < 4.78 is 23.3. The Hall–Kier alpha value is -0.310. The van der Waals surface area contributed by atoms with Gasteiger partial charge in [-0.25, -0.2) is 8.42 Å². The van der Waals surface area contributed by atoms with Gasteiger partial charge in [0.15, 0.2) is 0 Å². The first-order valence-corrected chi connectivity index (χ1v) is 7.04. The second-order valence-corrected chi connectivity index (χ2v) is 6.09. The summed E-state index contributed by atoms with van der Waals surface area (Å²) in [7, 11) is -3.23. The van der Waals surface area contributed by atoms with Crippen molar-refractivity contribution in [1.82, 2.24) is 0 Å². The molecule has 0 amide bonds.